The molecule has 5 heteroatoms. The molecule has 1 aromatic heterocycles. The molecule has 3 rings (SSSR count). The van der Waals surface area contributed by atoms with Gasteiger partial charge in [0, 0.05) is 19.2 Å². The number of likely N-dealkylation sites (tertiary alicyclic amines) is 1. The van der Waals surface area contributed by atoms with E-state index in [1.807, 2.05) is 4.68 Å². The van der Waals surface area contributed by atoms with Crippen molar-refractivity contribution in [2.24, 2.45) is 5.92 Å². The van der Waals surface area contributed by atoms with E-state index in [9.17, 15) is 5.11 Å². The quantitative estimate of drug-likeness (QED) is 0.842. The molecule has 1 saturated heterocycles. The van der Waals surface area contributed by atoms with Crippen LogP contribution in [0.3, 0.4) is 0 Å². The Morgan fingerprint density at radius 3 is 3.12 bits per heavy atom. The molecule has 17 heavy (non-hydrogen) atoms. The Hall–Kier alpha value is -1.62. The smallest absolute Gasteiger partial charge is 0.117 e. The average Bonchev–Trinajstić information content (AvgIpc) is 2.87. The van der Waals surface area contributed by atoms with E-state index in [0.29, 0.717) is 5.92 Å². The van der Waals surface area contributed by atoms with Crippen molar-refractivity contribution >= 4 is 11.0 Å². The van der Waals surface area contributed by atoms with Crippen LogP contribution in [0.1, 0.15) is 6.42 Å². The lowest BCUT2D eigenvalue weighted by atomic mass is 10.1. The molecule has 1 aliphatic rings. The van der Waals surface area contributed by atoms with E-state index in [1.165, 1.54) is 6.42 Å². The van der Waals surface area contributed by atoms with Gasteiger partial charge in [0.2, 0.25) is 0 Å². The number of aromatic hydroxyl groups is 1. The van der Waals surface area contributed by atoms with Crippen LogP contribution in [0.25, 0.3) is 11.0 Å². The number of phenolic OH excluding ortho intramolecular Hbond substituents is 1. The fourth-order valence-corrected chi connectivity index (χ4v) is 2.51. The summed E-state index contributed by atoms with van der Waals surface area (Å²) in [6, 6.07) is 5.17. The van der Waals surface area contributed by atoms with E-state index in [4.69, 9.17) is 0 Å². The van der Waals surface area contributed by atoms with Gasteiger partial charge in [-0.15, -0.1) is 5.10 Å². The van der Waals surface area contributed by atoms with Crippen LogP contribution in [-0.2, 0) is 6.54 Å². The summed E-state index contributed by atoms with van der Waals surface area (Å²) in [6.07, 6.45) is 1.21. The molecule has 2 heterocycles. The normalized spacial score (nSPS) is 21.4. The highest BCUT2D eigenvalue weighted by atomic mass is 16.3. The Morgan fingerprint density at radius 1 is 1.47 bits per heavy atom. The number of phenols is 1. The topological polar surface area (TPSA) is 54.2 Å². The van der Waals surface area contributed by atoms with Gasteiger partial charge < -0.3 is 10.0 Å². The summed E-state index contributed by atoms with van der Waals surface area (Å²) in [5, 5.41) is 17.8. The SMILES string of the molecule is CN1CCC(Cn2nnc3ccc(O)cc32)C1. The van der Waals surface area contributed by atoms with E-state index >= 15 is 0 Å². The summed E-state index contributed by atoms with van der Waals surface area (Å²) in [4.78, 5) is 2.33. The zero-order valence-electron chi connectivity index (χ0n) is 9.87. The molecule has 0 amide bonds. The molecule has 1 aromatic carbocycles. The maximum absolute atomic E-state index is 9.50. The van der Waals surface area contributed by atoms with Crippen LogP contribution in [0.2, 0.25) is 0 Å². The van der Waals surface area contributed by atoms with Crippen LogP contribution in [-0.4, -0.2) is 45.1 Å². The first-order valence-electron chi connectivity index (χ1n) is 5.93. The van der Waals surface area contributed by atoms with E-state index in [0.717, 1.165) is 30.7 Å². The molecule has 0 radical (unpaired) electrons. The molecule has 1 fully saturated rings. The third kappa shape index (κ3) is 1.98. The standard InChI is InChI=1S/C12H16N4O/c1-15-5-4-9(7-15)8-16-12-6-10(17)2-3-11(12)13-14-16/h2-3,6,9,17H,4-5,7-8H2,1H3. The van der Waals surface area contributed by atoms with Crippen molar-refractivity contribution in [2.75, 3.05) is 20.1 Å². The lowest BCUT2D eigenvalue weighted by molar-refractivity contribution is 0.370. The lowest BCUT2D eigenvalue weighted by Gasteiger charge is -2.10. The van der Waals surface area contributed by atoms with Gasteiger partial charge in [-0.05, 0) is 38.1 Å². The minimum absolute atomic E-state index is 0.268. The molecular weight excluding hydrogens is 216 g/mol. The molecule has 5 nitrogen and oxygen atoms in total. The van der Waals surface area contributed by atoms with Gasteiger partial charge in [-0.2, -0.15) is 0 Å². The largest absolute Gasteiger partial charge is 0.508 e. The average molecular weight is 232 g/mol. The molecule has 0 bridgehead atoms. The molecule has 1 atom stereocenters. The predicted molar refractivity (Wildman–Crippen MR) is 64.8 cm³/mol. The number of benzene rings is 1. The lowest BCUT2D eigenvalue weighted by Crippen LogP contribution is -2.17. The number of hydrogen-bond acceptors (Lipinski definition) is 4. The first-order valence-corrected chi connectivity index (χ1v) is 5.93. The first-order chi connectivity index (χ1) is 8.22. The fraction of sp³-hybridized carbons (Fsp3) is 0.500. The third-order valence-electron chi connectivity index (χ3n) is 3.42. The summed E-state index contributed by atoms with van der Waals surface area (Å²) in [5.41, 5.74) is 1.76. The van der Waals surface area contributed by atoms with Crippen LogP contribution in [0.15, 0.2) is 18.2 Å². The second-order valence-corrected chi connectivity index (χ2v) is 4.86. The van der Waals surface area contributed by atoms with Crippen molar-refractivity contribution in [1.82, 2.24) is 19.9 Å². The van der Waals surface area contributed by atoms with Gasteiger partial charge in [-0.25, -0.2) is 4.68 Å². The fourth-order valence-electron chi connectivity index (χ4n) is 2.51. The second kappa shape index (κ2) is 4.00. The molecular formula is C12H16N4O. The predicted octanol–water partition coefficient (Wildman–Crippen LogP) is 1.09. The highest BCUT2D eigenvalue weighted by Crippen LogP contribution is 2.21. The maximum Gasteiger partial charge on any atom is 0.117 e. The van der Waals surface area contributed by atoms with Crippen LogP contribution >= 0.6 is 0 Å². The molecule has 0 aliphatic carbocycles. The maximum atomic E-state index is 9.50. The van der Waals surface area contributed by atoms with Crippen LogP contribution in [0.4, 0.5) is 0 Å². The Morgan fingerprint density at radius 2 is 2.35 bits per heavy atom. The Balaban J connectivity index is 1.87. The number of rotatable bonds is 2. The highest BCUT2D eigenvalue weighted by Gasteiger charge is 2.20. The summed E-state index contributed by atoms with van der Waals surface area (Å²) in [7, 11) is 2.14. The summed E-state index contributed by atoms with van der Waals surface area (Å²) < 4.78 is 1.90. The summed E-state index contributed by atoms with van der Waals surface area (Å²) in [5.74, 6) is 0.900. The van der Waals surface area contributed by atoms with Crippen molar-refractivity contribution in [2.45, 2.75) is 13.0 Å². The van der Waals surface area contributed by atoms with Crippen molar-refractivity contribution in [1.29, 1.82) is 0 Å². The summed E-state index contributed by atoms with van der Waals surface area (Å²) >= 11 is 0. The van der Waals surface area contributed by atoms with Gasteiger partial charge in [0.05, 0.1) is 5.52 Å². The van der Waals surface area contributed by atoms with E-state index in [1.54, 1.807) is 18.2 Å². The molecule has 1 unspecified atom stereocenters. The number of fused-ring (bicyclic) bond motifs is 1. The van der Waals surface area contributed by atoms with Gasteiger partial charge in [-0.3, -0.25) is 0 Å². The van der Waals surface area contributed by atoms with E-state index < -0.39 is 0 Å². The van der Waals surface area contributed by atoms with Crippen molar-refractivity contribution in [3.63, 3.8) is 0 Å². The molecule has 0 spiro atoms. The minimum Gasteiger partial charge on any atom is -0.508 e. The zero-order valence-corrected chi connectivity index (χ0v) is 9.87. The molecule has 0 saturated carbocycles. The monoisotopic (exact) mass is 232 g/mol. The molecule has 2 aromatic rings. The van der Waals surface area contributed by atoms with Crippen molar-refractivity contribution in [3.05, 3.63) is 18.2 Å². The molecule has 90 valence electrons. The Labute approximate surface area is 99.6 Å². The third-order valence-corrected chi connectivity index (χ3v) is 3.42. The highest BCUT2D eigenvalue weighted by molar-refractivity contribution is 5.75. The second-order valence-electron chi connectivity index (χ2n) is 4.86. The Kier molecular flexibility index (Phi) is 2.48. The van der Waals surface area contributed by atoms with Crippen molar-refractivity contribution < 1.29 is 5.11 Å². The molecule has 1 N–H and O–H groups in total. The summed E-state index contributed by atoms with van der Waals surface area (Å²) in [6.45, 7) is 3.15. The van der Waals surface area contributed by atoms with Crippen LogP contribution < -0.4 is 0 Å². The van der Waals surface area contributed by atoms with Crippen LogP contribution in [0, 0.1) is 5.92 Å². The van der Waals surface area contributed by atoms with Gasteiger partial charge in [0.1, 0.15) is 11.3 Å². The zero-order chi connectivity index (χ0) is 11.8. The number of nitrogens with zero attached hydrogens (tertiary/aromatic N) is 4. The molecule has 1 aliphatic heterocycles. The number of aromatic nitrogens is 3. The Bertz CT molecular complexity index is 536. The van der Waals surface area contributed by atoms with Gasteiger partial charge in [0.25, 0.3) is 0 Å². The van der Waals surface area contributed by atoms with E-state index in [-0.39, 0.29) is 5.75 Å². The van der Waals surface area contributed by atoms with Crippen LogP contribution in [0.5, 0.6) is 5.75 Å². The van der Waals surface area contributed by atoms with Crippen molar-refractivity contribution in [3.8, 4) is 5.75 Å². The van der Waals surface area contributed by atoms with E-state index in [2.05, 4.69) is 22.3 Å². The minimum atomic E-state index is 0.268. The van der Waals surface area contributed by atoms with Gasteiger partial charge in [0.15, 0.2) is 0 Å². The number of hydrogen-bond donors (Lipinski definition) is 1. The van der Waals surface area contributed by atoms with Gasteiger partial charge >= 0.3 is 0 Å². The van der Waals surface area contributed by atoms with Gasteiger partial charge in [-0.1, -0.05) is 5.21 Å². The first kappa shape index (κ1) is 10.5.